The number of aromatic nitrogens is 1. The van der Waals surface area contributed by atoms with Gasteiger partial charge in [-0.1, -0.05) is 19.9 Å². The van der Waals surface area contributed by atoms with Gasteiger partial charge in [0.05, 0.1) is 18.9 Å². The number of fused-ring (bicyclic) bond motifs is 3. The number of pyridine rings is 1. The molecule has 1 aliphatic heterocycles. The molecule has 2 aromatic heterocycles. The van der Waals surface area contributed by atoms with Crippen LogP contribution in [0.1, 0.15) is 69.2 Å². The normalized spacial score (nSPS) is 11.9. The van der Waals surface area contributed by atoms with E-state index in [0.29, 0.717) is 55.5 Å². The number of benzene rings is 2. The van der Waals surface area contributed by atoms with Gasteiger partial charge in [-0.15, -0.1) is 11.3 Å². The first-order valence-electron chi connectivity index (χ1n) is 14.5. The maximum atomic E-state index is 14.1. The van der Waals surface area contributed by atoms with Crippen molar-refractivity contribution in [2.75, 3.05) is 25.1 Å². The molecule has 0 spiro atoms. The second-order valence-corrected chi connectivity index (χ2v) is 11.2. The third-order valence-corrected chi connectivity index (χ3v) is 8.12. The van der Waals surface area contributed by atoms with E-state index in [0.717, 1.165) is 34.4 Å². The molecule has 3 heterocycles. The fraction of sp³-hybridized carbons (Fsp3) is 0.273. The SMILES string of the molecule is CCCNC(=O)c1ccc(-c2cc3c(cc2C(=O)Nc2ccc(CN)cc2OCCC)-c2sccc2CCO3)c(C(=O)O)n1. The number of aromatic carboxylic acids is 1. The van der Waals surface area contributed by atoms with E-state index >= 15 is 0 Å². The number of carboxylic acid groups (broad SMARTS) is 1. The van der Waals surface area contributed by atoms with Gasteiger partial charge in [-0.2, -0.15) is 0 Å². The maximum absolute atomic E-state index is 14.1. The smallest absolute Gasteiger partial charge is 0.355 e. The number of hydrogen-bond acceptors (Lipinski definition) is 8. The Labute approximate surface area is 259 Å². The van der Waals surface area contributed by atoms with Gasteiger partial charge >= 0.3 is 5.97 Å². The number of rotatable bonds is 11. The summed E-state index contributed by atoms with van der Waals surface area (Å²) < 4.78 is 12.0. The van der Waals surface area contributed by atoms with Crippen molar-refractivity contribution in [3.8, 4) is 33.1 Å². The Morgan fingerprint density at radius 2 is 1.86 bits per heavy atom. The van der Waals surface area contributed by atoms with Crippen LogP contribution in [0, 0.1) is 0 Å². The third-order valence-electron chi connectivity index (χ3n) is 7.13. The first kappa shape index (κ1) is 30.7. The highest BCUT2D eigenvalue weighted by atomic mass is 32.1. The van der Waals surface area contributed by atoms with Crippen molar-refractivity contribution in [1.29, 1.82) is 0 Å². The Hall–Kier alpha value is -4.74. The molecule has 11 heteroatoms. The summed E-state index contributed by atoms with van der Waals surface area (Å²) in [7, 11) is 0. The lowest BCUT2D eigenvalue weighted by molar-refractivity contribution is 0.0691. The molecule has 0 fully saturated rings. The van der Waals surface area contributed by atoms with Crippen LogP contribution in [0.4, 0.5) is 5.69 Å². The van der Waals surface area contributed by atoms with Gasteiger partial charge in [-0.05, 0) is 71.8 Å². The first-order valence-corrected chi connectivity index (χ1v) is 15.4. The number of nitrogens with one attached hydrogen (secondary N) is 2. The largest absolute Gasteiger partial charge is 0.493 e. The molecule has 5 N–H and O–H groups in total. The topological polar surface area (TPSA) is 153 Å². The van der Waals surface area contributed by atoms with Crippen molar-refractivity contribution in [3.63, 3.8) is 0 Å². The molecule has 0 aliphatic carbocycles. The van der Waals surface area contributed by atoms with E-state index in [2.05, 4.69) is 15.6 Å². The molecule has 0 radical (unpaired) electrons. The number of ether oxygens (including phenoxy) is 2. The number of nitrogens with zero attached hydrogens (tertiary/aromatic N) is 1. The average molecular weight is 615 g/mol. The van der Waals surface area contributed by atoms with Crippen LogP contribution in [0.5, 0.6) is 11.5 Å². The number of amides is 2. The number of anilines is 1. The van der Waals surface area contributed by atoms with Crippen LogP contribution in [0.2, 0.25) is 0 Å². The molecule has 2 aromatic carbocycles. The number of carboxylic acids is 1. The van der Waals surface area contributed by atoms with Crippen LogP contribution in [-0.2, 0) is 13.0 Å². The van der Waals surface area contributed by atoms with Gasteiger partial charge in [0.1, 0.15) is 17.2 Å². The predicted octanol–water partition coefficient (Wildman–Crippen LogP) is 5.75. The third kappa shape index (κ3) is 6.43. The fourth-order valence-electron chi connectivity index (χ4n) is 4.94. The van der Waals surface area contributed by atoms with E-state index in [4.69, 9.17) is 15.2 Å². The van der Waals surface area contributed by atoms with Crippen LogP contribution in [-0.4, -0.2) is 47.6 Å². The lowest BCUT2D eigenvalue weighted by Crippen LogP contribution is -2.25. The Bertz CT molecular complexity index is 1720. The van der Waals surface area contributed by atoms with E-state index in [-0.39, 0.29) is 22.5 Å². The van der Waals surface area contributed by atoms with E-state index in [1.54, 1.807) is 35.6 Å². The summed E-state index contributed by atoms with van der Waals surface area (Å²) in [5, 5.41) is 17.9. The summed E-state index contributed by atoms with van der Waals surface area (Å²) in [4.78, 5) is 44.4. The molecule has 10 nitrogen and oxygen atoms in total. The average Bonchev–Trinajstić information content (AvgIpc) is 3.43. The number of nitrogens with two attached hydrogens (primary N) is 1. The number of thiophene rings is 1. The molecule has 1 aliphatic rings. The minimum Gasteiger partial charge on any atom is -0.493 e. The molecule has 44 heavy (non-hydrogen) atoms. The molecule has 0 saturated heterocycles. The first-order chi connectivity index (χ1) is 21.3. The highest BCUT2D eigenvalue weighted by Crippen LogP contribution is 2.43. The van der Waals surface area contributed by atoms with Crippen LogP contribution in [0.15, 0.2) is 53.9 Å². The van der Waals surface area contributed by atoms with Gasteiger partial charge < -0.3 is 30.9 Å². The molecule has 5 rings (SSSR count). The minimum atomic E-state index is -1.33. The summed E-state index contributed by atoms with van der Waals surface area (Å²) in [5.74, 6) is -1.28. The van der Waals surface area contributed by atoms with Crippen molar-refractivity contribution < 1.29 is 29.0 Å². The summed E-state index contributed by atoms with van der Waals surface area (Å²) in [6.45, 7) is 5.52. The van der Waals surface area contributed by atoms with E-state index < -0.39 is 17.8 Å². The lowest BCUT2D eigenvalue weighted by atomic mass is 9.93. The quantitative estimate of drug-likeness (QED) is 0.167. The number of hydrogen-bond donors (Lipinski definition) is 4. The molecule has 228 valence electrons. The van der Waals surface area contributed by atoms with Crippen LogP contribution < -0.4 is 25.8 Å². The van der Waals surface area contributed by atoms with Crippen LogP contribution in [0.25, 0.3) is 21.6 Å². The zero-order valence-electron chi connectivity index (χ0n) is 24.6. The Balaban J connectivity index is 1.65. The molecule has 0 bridgehead atoms. The summed E-state index contributed by atoms with van der Waals surface area (Å²) in [5.41, 5.74) is 9.30. The van der Waals surface area contributed by atoms with E-state index in [1.807, 2.05) is 31.4 Å². The predicted molar refractivity (Wildman–Crippen MR) is 170 cm³/mol. The van der Waals surface area contributed by atoms with Crippen molar-refractivity contribution in [2.24, 2.45) is 5.73 Å². The van der Waals surface area contributed by atoms with E-state index in [1.165, 1.54) is 12.1 Å². The zero-order valence-corrected chi connectivity index (χ0v) is 25.4. The van der Waals surface area contributed by atoms with Gasteiger partial charge in [-0.3, -0.25) is 9.59 Å². The summed E-state index contributed by atoms with van der Waals surface area (Å²) in [6.07, 6.45) is 2.19. The highest BCUT2D eigenvalue weighted by Gasteiger charge is 2.27. The van der Waals surface area contributed by atoms with Gasteiger partial charge in [0, 0.05) is 46.6 Å². The van der Waals surface area contributed by atoms with Gasteiger partial charge in [0.2, 0.25) is 0 Å². The second kappa shape index (κ2) is 13.7. The van der Waals surface area contributed by atoms with Gasteiger partial charge in [0.15, 0.2) is 5.69 Å². The van der Waals surface area contributed by atoms with Gasteiger partial charge in [0.25, 0.3) is 11.8 Å². The molecular formula is C33H34N4O6S. The second-order valence-electron chi connectivity index (χ2n) is 10.3. The van der Waals surface area contributed by atoms with Crippen molar-refractivity contribution in [1.82, 2.24) is 10.3 Å². The maximum Gasteiger partial charge on any atom is 0.355 e. The van der Waals surface area contributed by atoms with Crippen LogP contribution >= 0.6 is 11.3 Å². The van der Waals surface area contributed by atoms with Crippen molar-refractivity contribution >= 4 is 34.8 Å². The fourth-order valence-corrected chi connectivity index (χ4v) is 5.92. The Kier molecular flexibility index (Phi) is 9.56. The number of carbonyl (C=O) groups is 3. The lowest BCUT2D eigenvalue weighted by Gasteiger charge is -2.18. The molecular weight excluding hydrogens is 580 g/mol. The number of carbonyl (C=O) groups excluding carboxylic acids is 2. The molecule has 4 aromatic rings. The monoisotopic (exact) mass is 614 g/mol. The van der Waals surface area contributed by atoms with Crippen molar-refractivity contribution in [3.05, 3.63) is 82.0 Å². The molecule has 2 amide bonds. The minimum absolute atomic E-state index is 0.0300. The molecule has 0 unspecified atom stereocenters. The Morgan fingerprint density at radius 3 is 2.61 bits per heavy atom. The van der Waals surface area contributed by atoms with Crippen LogP contribution in [0.3, 0.4) is 0 Å². The van der Waals surface area contributed by atoms with E-state index in [9.17, 15) is 19.5 Å². The summed E-state index contributed by atoms with van der Waals surface area (Å²) >= 11 is 1.55. The molecule has 0 atom stereocenters. The standard InChI is InChI=1S/C33H34N4O6S/c1-3-11-35-32(39)26-8-6-21(29(36-26)33(40)41)22-17-27-24(30-20(9-13-43-27)10-14-44-30)16-23(22)31(38)37-25-7-5-19(18-34)15-28(25)42-12-4-2/h5-8,10,14-17H,3-4,9,11-13,18,34H2,1-2H3,(H,35,39)(H,37,38)(H,40,41). The van der Waals surface area contributed by atoms with Crippen molar-refractivity contribution in [2.45, 2.75) is 39.7 Å². The van der Waals surface area contributed by atoms with Gasteiger partial charge in [-0.25, -0.2) is 9.78 Å². The molecule has 0 saturated carbocycles. The zero-order chi connectivity index (χ0) is 31.2. The summed E-state index contributed by atoms with van der Waals surface area (Å²) in [6, 6.07) is 13.8. The Morgan fingerprint density at radius 1 is 1.02 bits per heavy atom. The highest BCUT2D eigenvalue weighted by molar-refractivity contribution is 7.13.